The standard InChI is InChI=1S/C16H20N2O3/c1-19-14-6-4-5-13(16(14)21-3)11-17-10-12-7-8-18-15(9-12)20-2/h4-9,17H,10-11H2,1-3H3. The molecule has 0 radical (unpaired) electrons. The van der Waals surface area contributed by atoms with Gasteiger partial charge in [0.2, 0.25) is 5.88 Å². The topological polar surface area (TPSA) is 52.6 Å². The average Bonchev–Trinajstić information content (AvgIpc) is 2.54. The number of methoxy groups -OCH3 is 3. The maximum absolute atomic E-state index is 5.41. The van der Waals surface area contributed by atoms with Crippen LogP contribution in [0, 0.1) is 0 Å². The molecular weight excluding hydrogens is 268 g/mol. The van der Waals surface area contributed by atoms with E-state index in [9.17, 15) is 0 Å². The summed E-state index contributed by atoms with van der Waals surface area (Å²) in [6, 6.07) is 9.72. The van der Waals surface area contributed by atoms with E-state index in [2.05, 4.69) is 10.3 Å². The summed E-state index contributed by atoms with van der Waals surface area (Å²) in [6.07, 6.45) is 1.74. The Morgan fingerprint density at radius 3 is 2.57 bits per heavy atom. The van der Waals surface area contributed by atoms with Crippen LogP contribution in [0.2, 0.25) is 0 Å². The van der Waals surface area contributed by atoms with Crippen LogP contribution in [0.5, 0.6) is 17.4 Å². The number of nitrogens with zero attached hydrogens (tertiary/aromatic N) is 1. The molecular formula is C16H20N2O3. The molecule has 5 nitrogen and oxygen atoms in total. The van der Waals surface area contributed by atoms with Crippen LogP contribution in [0.3, 0.4) is 0 Å². The lowest BCUT2D eigenvalue weighted by atomic mass is 10.1. The number of ether oxygens (including phenoxy) is 3. The minimum absolute atomic E-state index is 0.619. The van der Waals surface area contributed by atoms with E-state index in [1.54, 1.807) is 27.5 Å². The van der Waals surface area contributed by atoms with Crippen molar-refractivity contribution in [1.29, 1.82) is 0 Å². The van der Waals surface area contributed by atoms with Crippen molar-refractivity contribution in [3.8, 4) is 17.4 Å². The van der Waals surface area contributed by atoms with Crippen molar-refractivity contribution < 1.29 is 14.2 Å². The van der Waals surface area contributed by atoms with Crippen molar-refractivity contribution in [1.82, 2.24) is 10.3 Å². The highest BCUT2D eigenvalue weighted by Gasteiger charge is 2.08. The van der Waals surface area contributed by atoms with Crippen LogP contribution in [0.4, 0.5) is 0 Å². The third-order valence-corrected chi connectivity index (χ3v) is 3.14. The van der Waals surface area contributed by atoms with Gasteiger partial charge in [-0.15, -0.1) is 0 Å². The molecule has 0 aliphatic heterocycles. The number of benzene rings is 1. The molecule has 2 aromatic rings. The molecule has 0 aliphatic rings. The van der Waals surface area contributed by atoms with Gasteiger partial charge in [-0.3, -0.25) is 0 Å². The fourth-order valence-corrected chi connectivity index (χ4v) is 2.11. The summed E-state index contributed by atoms with van der Waals surface area (Å²) >= 11 is 0. The number of para-hydroxylation sites is 1. The Bertz CT molecular complexity index is 587. The van der Waals surface area contributed by atoms with Crippen molar-refractivity contribution in [2.45, 2.75) is 13.1 Å². The highest BCUT2D eigenvalue weighted by atomic mass is 16.5. The zero-order valence-electron chi connectivity index (χ0n) is 12.6. The number of nitrogens with one attached hydrogen (secondary N) is 1. The van der Waals surface area contributed by atoms with Crippen molar-refractivity contribution >= 4 is 0 Å². The number of pyridine rings is 1. The Morgan fingerprint density at radius 1 is 1.00 bits per heavy atom. The Kier molecular flexibility index (Phi) is 5.40. The van der Waals surface area contributed by atoms with E-state index in [-0.39, 0.29) is 0 Å². The fraction of sp³-hybridized carbons (Fsp3) is 0.312. The van der Waals surface area contributed by atoms with E-state index in [0.29, 0.717) is 12.4 Å². The lowest BCUT2D eigenvalue weighted by Crippen LogP contribution is -2.13. The molecule has 0 unspecified atom stereocenters. The molecule has 1 aromatic carbocycles. The quantitative estimate of drug-likeness (QED) is 0.848. The van der Waals surface area contributed by atoms with Crippen LogP contribution in [-0.2, 0) is 13.1 Å². The first-order valence-electron chi connectivity index (χ1n) is 6.68. The Hall–Kier alpha value is -2.27. The highest BCUT2D eigenvalue weighted by Crippen LogP contribution is 2.30. The van der Waals surface area contributed by atoms with E-state index in [1.807, 2.05) is 30.3 Å². The van der Waals surface area contributed by atoms with Crippen LogP contribution >= 0.6 is 0 Å². The molecule has 0 saturated carbocycles. The Morgan fingerprint density at radius 2 is 1.86 bits per heavy atom. The van der Waals surface area contributed by atoms with Gasteiger partial charge in [-0.1, -0.05) is 12.1 Å². The first kappa shape index (κ1) is 15.1. The molecule has 1 heterocycles. The molecule has 1 aromatic heterocycles. The predicted octanol–water partition coefficient (Wildman–Crippen LogP) is 2.40. The van der Waals surface area contributed by atoms with E-state index in [4.69, 9.17) is 14.2 Å². The maximum Gasteiger partial charge on any atom is 0.213 e. The Balaban J connectivity index is 2.00. The molecule has 2 rings (SSSR count). The van der Waals surface area contributed by atoms with Crippen molar-refractivity contribution in [2.24, 2.45) is 0 Å². The van der Waals surface area contributed by atoms with E-state index < -0.39 is 0 Å². The van der Waals surface area contributed by atoms with Crippen molar-refractivity contribution in [3.63, 3.8) is 0 Å². The molecule has 0 spiro atoms. The van der Waals surface area contributed by atoms with Gasteiger partial charge in [-0.05, 0) is 17.7 Å². The van der Waals surface area contributed by atoms with E-state index >= 15 is 0 Å². The fourth-order valence-electron chi connectivity index (χ4n) is 2.11. The van der Waals surface area contributed by atoms with Gasteiger partial charge in [0, 0.05) is 30.9 Å². The SMILES string of the molecule is COc1cc(CNCc2cccc(OC)c2OC)ccn1. The second-order valence-corrected chi connectivity index (χ2v) is 4.46. The second-order valence-electron chi connectivity index (χ2n) is 4.46. The van der Waals surface area contributed by atoms with Gasteiger partial charge in [0.05, 0.1) is 21.3 Å². The normalized spacial score (nSPS) is 10.2. The minimum atomic E-state index is 0.619. The molecule has 0 aliphatic carbocycles. The third-order valence-electron chi connectivity index (χ3n) is 3.14. The largest absolute Gasteiger partial charge is 0.493 e. The number of aromatic nitrogens is 1. The van der Waals surface area contributed by atoms with E-state index in [1.165, 1.54) is 0 Å². The average molecular weight is 288 g/mol. The van der Waals surface area contributed by atoms with Gasteiger partial charge in [0.25, 0.3) is 0 Å². The zero-order valence-corrected chi connectivity index (χ0v) is 12.6. The number of rotatable bonds is 7. The predicted molar refractivity (Wildman–Crippen MR) is 80.9 cm³/mol. The maximum atomic E-state index is 5.41. The molecule has 0 atom stereocenters. The summed E-state index contributed by atoms with van der Waals surface area (Å²) in [7, 11) is 4.90. The lowest BCUT2D eigenvalue weighted by molar-refractivity contribution is 0.350. The van der Waals surface area contributed by atoms with Gasteiger partial charge >= 0.3 is 0 Å². The molecule has 0 amide bonds. The van der Waals surface area contributed by atoms with Gasteiger partial charge < -0.3 is 19.5 Å². The molecule has 0 bridgehead atoms. The zero-order chi connectivity index (χ0) is 15.1. The van der Waals surface area contributed by atoms with Crippen molar-refractivity contribution in [2.75, 3.05) is 21.3 Å². The van der Waals surface area contributed by atoms with Crippen LogP contribution in [-0.4, -0.2) is 26.3 Å². The van der Waals surface area contributed by atoms with E-state index in [0.717, 1.165) is 29.2 Å². The van der Waals surface area contributed by atoms with Crippen molar-refractivity contribution in [3.05, 3.63) is 47.7 Å². The second kappa shape index (κ2) is 7.50. The summed E-state index contributed by atoms with van der Waals surface area (Å²) in [6.45, 7) is 1.41. The summed E-state index contributed by atoms with van der Waals surface area (Å²) in [5, 5.41) is 3.38. The van der Waals surface area contributed by atoms with Crippen LogP contribution < -0.4 is 19.5 Å². The Labute approximate surface area is 124 Å². The van der Waals surface area contributed by atoms with Gasteiger partial charge in [0.1, 0.15) is 0 Å². The monoisotopic (exact) mass is 288 g/mol. The number of hydrogen-bond donors (Lipinski definition) is 1. The first-order chi connectivity index (χ1) is 10.3. The molecule has 5 heteroatoms. The van der Waals surface area contributed by atoms with Crippen LogP contribution in [0.15, 0.2) is 36.5 Å². The summed E-state index contributed by atoms with van der Waals surface area (Å²) in [5.41, 5.74) is 2.17. The molecule has 112 valence electrons. The molecule has 0 saturated heterocycles. The number of hydrogen-bond acceptors (Lipinski definition) is 5. The smallest absolute Gasteiger partial charge is 0.213 e. The molecule has 21 heavy (non-hydrogen) atoms. The third kappa shape index (κ3) is 3.86. The van der Waals surface area contributed by atoms with Gasteiger partial charge in [-0.25, -0.2) is 4.98 Å². The van der Waals surface area contributed by atoms with Crippen LogP contribution in [0.1, 0.15) is 11.1 Å². The minimum Gasteiger partial charge on any atom is -0.493 e. The lowest BCUT2D eigenvalue weighted by Gasteiger charge is -2.13. The first-order valence-corrected chi connectivity index (χ1v) is 6.68. The van der Waals surface area contributed by atoms with Crippen LogP contribution in [0.25, 0.3) is 0 Å². The summed E-state index contributed by atoms with van der Waals surface area (Å²) in [5.74, 6) is 2.12. The van der Waals surface area contributed by atoms with Gasteiger partial charge in [-0.2, -0.15) is 0 Å². The summed E-state index contributed by atoms with van der Waals surface area (Å²) in [4.78, 5) is 4.09. The highest BCUT2D eigenvalue weighted by molar-refractivity contribution is 5.46. The molecule has 0 fully saturated rings. The summed E-state index contributed by atoms with van der Waals surface area (Å²) < 4.78 is 15.8. The van der Waals surface area contributed by atoms with Gasteiger partial charge in [0.15, 0.2) is 11.5 Å². The molecule has 1 N–H and O–H groups in total.